The molecule has 4 heterocycles. The number of pyridine rings is 1. The molecule has 0 unspecified atom stereocenters. The van der Waals surface area contributed by atoms with E-state index in [2.05, 4.69) is 39.0 Å². The van der Waals surface area contributed by atoms with E-state index >= 15 is 0 Å². The van der Waals surface area contributed by atoms with E-state index in [0.29, 0.717) is 17.9 Å². The van der Waals surface area contributed by atoms with E-state index in [1.807, 2.05) is 22.8 Å². The number of rotatable bonds is 5. The molecule has 5 rings (SSSR count). The lowest BCUT2D eigenvalue weighted by atomic mass is 9.95. The predicted molar refractivity (Wildman–Crippen MR) is 126 cm³/mol. The molecule has 3 aromatic heterocycles. The summed E-state index contributed by atoms with van der Waals surface area (Å²) in [6.45, 7) is 7.51. The van der Waals surface area contributed by atoms with Crippen LogP contribution in [0.2, 0.25) is 0 Å². The number of ether oxygens (including phenoxy) is 1. The Bertz CT molecular complexity index is 1320. The van der Waals surface area contributed by atoms with Gasteiger partial charge < -0.3 is 4.74 Å². The number of thiophene rings is 1. The van der Waals surface area contributed by atoms with Gasteiger partial charge in [-0.2, -0.15) is 0 Å². The summed E-state index contributed by atoms with van der Waals surface area (Å²) in [4.78, 5) is 24.4. The Labute approximate surface area is 185 Å². The predicted octanol–water partition coefficient (Wildman–Crippen LogP) is 5.05. The molecule has 0 saturated carbocycles. The Morgan fingerprint density at radius 2 is 1.97 bits per heavy atom. The van der Waals surface area contributed by atoms with Gasteiger partial charge in [-0.05, 0) is 38.3 Å². The van der Waals surface area contributed by atoms with E-state index in [1.54, 1.807) is 0 Å². The number of benzene rings is 1. The average molecular weight is 434 g/mol. The molecule has 0 atom stereocenters. The molecule has 0 radical (unpaired) electrons. The second kappa shape index (κ2) is 7.84. The average Bonchev–Trinajstić information content (AvgIpc) is 3.10. The highest BCUT2D eigenvalue weighted by molar-refractivity contribution is 7.25. The van der Waals surface area contributed by atoms with Gasteiger partial charge in [-0.1, -0.05) is 37.3 Å². The zero-order chi connectivity index (χ0) is 21.6. The topological polar surface area (TPSA) is 57.0 Å². The van der Waals surface area contributed by atoms with Crippen LogP contribution in [0.15, 0.2) is 41.2 Å². The molecule has 1 aromatic carbocycles. The van der Waals surface area contributed by atoms with Crippen molar-refractivity contribution in [2.24, 2.45) is 0 Å². The first-order chi connectivity index (χ1) is 14.9. The molecule has 0 fully saturated rings. The maximum absolute atomic E-state index is 13.5. The molecule has 1 aliphatic heterocycles. The number of nitrogens with zero attached hydrogens (tertiary/aromatic N) is 3. The van der Waals surface area contributed by atoms with Crippen molar-refractivity contribution in [1.29, 1.82) is 0 Å². The Morgan fingerprint density at radius 1 is 1.16 bits per heavy atom. The third-order valence-corrected chi connectivity index (χ3v) is 7.05. The molecule has 160 valence electrons. The second-order valence-electron chi connectivity index (χ2n) is 8.92. The Hall–Kier alpha value is -2.57. The van der Waals surface area contributed by atoms with Gasteiger partial charge in [0.15, 0.2) is 0 Å². The van der Waals surface area contributed by atoms with Gasteiger partial charge in [-0.25, -0.2) is 9.97 Å². The van der Waals surface area contributed by atoms with Gasteiger partial charge in [0.05, 0.1) is 23.4 Å². The highest BCUT2D eigenvalue weighted by atomic mass is 32.1. The largest absolute Gasteiger partial charge is 0.370 e. The van der Waals surface area contributed by atoms with Gasteiger partial charge in [0, 0.05) is 30.3 Å². The summed E-state index contributed by atoms with van der Waals surface area (Å²) in [6.07, 6.45) is 3.33. The Balaban J connectivity index is 1.63. The van der Waals surface area contributed by atoms with Gasteiger partial charge in [-0.15, -0.1) is 11.3 Å². The molecule has 31 heavy (non-hydrogen) atoms. The standard InChI is InChI=1S/C25H27N3O2S/c1-4-8-20-27-21-18-13-17-15-30-25(2,3)14-19(17)26-23(18)31-22(21)24(29)28(20)12-11-16-9-6-5-7-10-16/h5-7,9-10,13H,4,8,11-12,14-15H2,1-3H3. The van der Waals surface area contributed by atoms with Crippen molar-refractivity contribution < 1.29 is 4.74 Å². The molecule has 5 nitrogen and oxygen atoms in total. The molecule has 0 bridgehead atoms. The maximum Gasteiger partial charge on any atom is 0.271 e. The van der Waals surface area contributed by atoms with Crippen molar-refractivity contribution in [3.05, 3.63) is 69.4 Å². The van der Waals surface area contributed by atoms with Gasteiger partial charge in [0.25, 0.3) is 5.56 Å². The van der Waals surface area contributed by atoms with Gasteiger partial charge >= 0.3 is 0 Å². The van der Waals surface area contributed by atoms with E-state index in [-0.39, 0.29) is 11.2 Å². The lowest BCUT2D eigenvalue weighted by Crippen LogP contribution is -2.32. The van der Waals surface area contributed by atoms with E-state index in [0.717, 1.165) is 58.5 Å². The van der Waals surface area contributed by atoms with Crippen LogP contribution in [0.5, 0.6) is 0 Å². The van der Waals surface area contributed by atoms with Gasteiger partial charge in [0.2, 0.25) is 0 Å². The van der Waals surface area contributed by atoms with E-state index < -0.39 is 0 Å². The van der Waals surface area contributed by atoms with Gasteiger partial charge in [0.1, 0.15) is 15.4 Å². The first kappa shape index (κ1) is 20.3. The summed E-state index contributed by atoms with van der Waals surface area (Å²) in [5, 5.41) is 0.978. The van der Waals surface area contributed by atoms with Crippen LogP contribution in [0.3, 0.4) is 0 Å². The third kappa shape index (κ3) is 3.79. The fourth-order valence-electron chi connectivity index (χ4n) is 4.31. The van der Waals surface area contributed by atoms with E-state index in [1.165, 1.54) is 16.9 Å². The van der Waals surface area contributed by atoms with Crippen molar-refractivity contribution >= 4 is 31.8 Å². The smallest absolute Gasteiger partial charge is 0.271 e. The quantitative estimate of drug-likeness (QED) is 0.442. The fourth-order valence-corrected chi connectivity index (χ4v) is 5.37. The van der Waals surface area contributed by atoms with Crippen LogP contribution in [0.1, 0.15) is 49.8 Å². The lowest BCUT2D eigenvalue weighted by Gasteiger charge is -2.30. The maximum atomic E-state index is 13.5. The van der Waals surface area contributed by atoms with Crippen LogP contribution >= 0.6 is 11.3 Å². The summed E-state index contributed by atoms with van der Waals surface area (Å²) >= 11 is 1.48. The summed E-state index contributed by atoms with van der Waals surface area (Å²) in [6, 6.07) is 12.4. The zero-order valence-electron chi connectivity index (χ0n) is 18.3. The summed E-state index contributed by atoms with van der Waals surface area (Å²) in [5.41, 5.74) is 4.06. The van der Waals surface area contributed by atoms with Crippen molar-refractivity contribution in [3.8, 4) is 0 Å². The normalized spacial score (nSPS) is 15.5. The number of hydrogen-bond donors (Lipinski definition) is 0. The van der Waals surface area contributed by atoms with Crippen LogP contribution in [0.25, 0.3) is 20.4 Å². The Kier molecular flexibility index (Phi) is 5.15. The van der Waals surface area contributed by atoms with E-state index in [4.69, 9.17) is 14.7 Å². The van der Waals surface area contributed by atoms with Crippen LogP contribution in [0.4, 0.5) is 0 Å². The highest BCUT2D eigenvalue weighted by Crippen LogP contribution is 2.35. The molecule has 4 aromatic rings. The molecule has 0 spiro atoms. The number of fused-ring (bicyclic) bond motifs is 4. The van der Waals surface area contributed by atoms with Crippen LogP contribution < -0.4 is 5.56 Å². The molecule has 0 amide bonds. The molecule has 6 heteroatoms. The first-order valence-corrected chi connectivity index (χ1v) is 11.8. The molecule has 0 aliphatic carbocycles. The van der Waals surface area contributed by atoms with Crippen molar-refractivity contribution in [2.45, 2.75) is 65.2 Å². The molecular formula is C25H27N3O2S. The highest BCUT2D eigenvalue weighted by Gasteiger charge is 2.28. The molecule has 0 N–H and O–H groups in total. The number of aryl methyl sites for hydroxylation is 2. The number of hydrogen-bond acceptors (Lipinski definition) is 5. The summed E-state index contributed by atoms with van der Waals surface area (Å²) in [7, 11) is 0. The minimum atomic E-state index is -0.207. The molecule has 1 aliphatic rings. The summed E-state index contributed by atoms with van der Waals surface area (Å²) in [5.74, 6) is 0.866. The molecule has 0 saturated heterocycles. The second-order valence-corrected chi connectivity index (χ2v) is 9.92. The summed E-state index contributed by atoms with van der Waals surface area (Å²) < 4.78 is 8.57. The first-order valence-electron chi connectivity index (χ1n) is 11.0. The van der Waals surface area contributed by atoms with Crippen LogP contribution in [-0.4, -0.2) is 20.1 Å². The van der Waals surface area contributed by atoms with Crippen LogP contribution in [-0.2, 0) is 37.2 Å². The fraction of sp³-hybridized carbons (Fsp3) is 0.400. The molecular weight excluding hydrogens is 406 g/mol. The van der Waals surface area contributed by atoms with Gasteiger partial charge in [-0.3, -0.25) is 9.36 Å². The SMILES string of the molecule is CCCc1nc2c(sc3nc4c(cc32)COC(C)(C)C4)c(=O)n1CCc1ccccc1. The monoisotopic (exact) mass is 433 g/mol. The van der Waals surface area contributed by atoms with Crippen LogP contribution in [0, 0.1) is 0 Å². The minimum absolute atomic E-state index is 0.0573. The zero-order valence-corrected chi connectivity index (χ0v) is 19.1. The Morgan fingerprint density at radius 3 is 2.74 bits per heavy atom. The third-order valence-electron chi connectivity index (χ3n) is 5.97. The van der Waals surface area contributed by atoms with E-state index in [9.17, 15) is 4.79 Å². The number of aromatic nitrogens is 3. The minimum Gasteiger partial charge on any atom is -0.370 e. The lowest BCUT2D eigenvalue weighted by molar-refractivity contribution is -0.0411. The van der Waals surface area contributed by atoms with Crippen molar-refractivity contribution in [2.75, 3.05) is 0 Å². The van der Waals surface area contributed by atoms with Crippen molar-refractivity contribution in [1.82, 2.24) is 14.5 Å². The van der Waals surface area contributed by atoms with Crippen molar-refractivity contribution in [3.63, 3.8) is 0 Å².